The van der Waals surface area contributed by atoms with Gasteiger partial charge in [-0.1, -0.05) is 18.2 Å². The van der Waals surface area contributed by atoms with Crippen molar-refractivity contribution < 1.29 is 50.3 Å². The lowest BCUT2D eigenvalue weighted by Gasteiger charge is -2.33. The fraction of sp³-hybridized carbons (Fsp3) is 0.550. The van der Waals surface area contributed by atoms with Crippen LogP contribution in [0.25, 0.3) is 0 Å². The van der Waals surface area contributed by atoms with E-state index in [1.54, 1.807) is 32.0 Å². The monoisotopic (exact) mass is 489 g/mol. The number of rotatable bonds is 7. The molecular formula is C20H21F2NO9S. The standard InChI is InChI=1S/C20H21F2NO9S/c1-9(2)23-13-14-11(17(23)24)12(19(26)30-8-20(21,22)33(27,28)29)15(31-14)16(13)32-18(25)10-6-4-3-5-7-10/h3-7,9,11-16H,8H2,1-2H3,(H,27,28,29). The molecule has 1 amide bonds. The number of alkyl halides is 2. The molecule has 1 aromatic carbocycles. The molecule has 3 saturated heterocycles. The second-order valence-electron chi connectivity index (χ2n) is 8.40. The number of carbonyl (C=O) groups excluding carboxylic acids is 3. The van der Waals surface area contributed by atoms with E-state index in [-0.39, 0.29) is 11.6 Å². The molecule has 0 aliphatic carbocycles. The van der Waals surface area contributed by atoms with Crippen LogP contribution in [-0.4, -0.2) is 78.0 Å². The fourth-order valence-corrected chi connectivity index (χ4v) is 4.96. The van der Waals surface area contributed by atoms with Crippen molar-refractivity contribution in [2.75, 3.05) is 6.61 Å². The molecule has 4 rings (SSSR count). The predicted octanol–water partition coefficient (Wildman–Crippen LogP) is 0.868. The Labute approximate surface area is 187 Å². The van der Waals surface area contributed by atoms with Crippen LogP contribution < -0.4 is 0 Å². The number of ether oxygens (including phenoxy) is 3. The summed E-state index contributed by atoms with van der Waals surface area (Å²) in [5.74, 6) is -4.96. The molecule has 1 aromatic rings. The van der Waals surface area contributed by atoms with Gasteiger partial charge < -0.3 is 19.1 Å². The summed E-state index contributed by atoms with van der Waals surface area (Å²) in [5, 5.41) is -4.73. The molecular weight excluding hydrogens is 468 g/mol. The molecule has 0 saturated carbocycles. The highest BCUT2D eigenvalue weighted by molar-refractivity contribution is 7.86. The summed E-state index contributed by atoms with van der Waals surface area (Å²) in [6.07, 6.45) is -3.07. The topological polar surface area (TPSA) is 137 Å². The fourth-order valence-electron chi connectivity index (χ4n) is 4.75. The first-order valence-corrected chi connectivity index (χ1v) is 11.5. The third kappa shape index (κ3) is 3.77. The van der Waals surface area contributed by atoms with Crippen molar-refractivity contribution in [3.05, 3.63) is 35.9 Å². The second kappa shape index (κ2) is 7.99. The molecule has 180 valence electrons. The Morgan fingerprint density at radius 1 is 1.21 bits per heavy atom. The lowest BCUT2D eigenvalue weighted by atomic mass is 9.78. The number of fused-ring (bicyclic) bond motifs is 1. The zero-order valence-electron chi connectivity index (χ0n) is 17.5. The number of hydrogen-bond donors (Lipinski definition) is 1. The number of esters is 2. The van der Waals surface area contributed by atoms with E-state index in [4.69, 9.17) is 14.0 Å². The van der Waals surface area contributed by atoms with Crippen LogP contribution in [0, 0.1) is 11.8 Å². The van der Waals surface area contributed by atoms with Crippen molar-refractivity contribution >= 4 is 28.0 Å². The van der Waals surface area contributed by atoms with Crippen molar-refractivity contribution in [1.82, 2.24) is 4.90 Å². The van der Waals surface area contributed by atoms with E-state index in [0.29, 0.717) is 0 Å². The van der Waals surface area contributed by atoms with E-state index < -0.39 is 76.0 Å². The van der Waals surface area contributed by atoms with Gasteiger partial charge >= 0.3 is 27.3 Å². The summed E-state index contributed by atoms with van der Waals surface area (Å²) in [5.41, 5.74) is 0.226. The van der Waals surface area contributed by atoms with Crippen molar-refractivity contribution in [1.29, 1.82) is 0 Å². The van der Waals surface area contributed by atoms with Gasteiger partial charge in [0.05, 0.1) is 23.6 Å². The number of amides is 1. The molecule has 3 aliphatic heterocycles. The van der Waals surface area contributed by atoms with Crippen LogP contribution in [0.4, 0.5) is 8.78 Å². The molecule has 2 bridgehead atoms. The molecule has 1 N–H and O–H groups in total. The molecule has 6 unspecified atom stereocenters. The normalized spacial score (nSPS) is 30.7. The van der Waals surface area contributed by atoms with Crippen LogP contribution in [0.5, 0.6) is 0 Å². The summed E-state index contributed by atoms with van der Waals surface area (Å²) in [6, 6.07) is 6.97. The minimum atomic E-state index is -5.82. The number of hydrogen-bond acceptors (Lipinski definition) is 8. The summed E-state index contributed by atoms with van der Waals surface area (Å²) in [4.78, 5) is 39.9. The minimum Gasteiger partial charge on any atom is -0.458 e. The Hall–Kier alpha value is -2.64. The summed E-state index contributed by atoms with van der Waals surface area (Å²) < 4.78 is 73.2. The lowest BCUT2D eigenvalue weighted by molar-refractivity contribution is -0.160. The zero-order valence-corrected chi connectivity index (χ0v) is 18.3. The van der Waals surface area contributed by atoms with Crippen LogP contribution in [0.2, 0.25) is 0 Å². The van der Waals surface area contributed by atoms with Gasteiger partial charge in [-0.15, -0.1) is 0 Å². The van der Waals surface area contributed by atoms with Gasteiger partial charge in [0, 0.05) is 6.04 Å². The number of halogens is 2. The molecule has 13 heteroatoms. The van der Waals surface area contributed by atoms with E-state index in [9.17, 15) is 31.6 Å². The molecule has 0 spiro atoms. The first kappa shape index (κ1) is 23.5. The average Bonchev–Trinajstić information content (AvgIpc) is 3.34. The third-order valence-electron chi connectivity index (χ3n) is 6.11. The largest absolute Gasteiger partial charge is 0.458 e. The van der Waals surface area contributed by atoms with Gasteiger partial charge in [-0.3, -0.25) is 14.1 Å². The van der Waals surface area contributed by atoms with E-state index >= 15 is 0 Å². The van der Waals surface area contributed by atoms with Gasteiger partial charge in [0.25, 0.3) is 0 Å². The third-order valence-corrected chi connectivity index (χ3v) is 6.98. The van der Waals surface area contributed by atoms with Gasteiger partial charge in [-0.25, -0.2) is 4.79 Å². The maximum absolute atomic E-state index is 13.5. The van der Waals surface area contributed by atoms with Crippen LogP contribution in [-0.2, 0) is 33.9 Å². The van der Waals surface area contributed by atoms with Crippen LogP contribution in [0.15, 0.2) is 30.3 Å². The number of nitrogens with zero attached hydrogens (tertiary/aromatic N) is 1. The number of likely N-dealkylation sites (tertiary alicyclic amines) is 1. The summed E-state index contributed by atoms with van der Waals surface area (Å²) in [6.45, 7) is 1.52. The van der Waals surface area contributed by atoms with E-state index in [2.05, 4.69) is 4.74 Å². The molecule has 10 nitrogen and oxygen atoms in total. The van der Waals surface area contributed by atoms with Gasteiger partial charge in [0.1, 0.15) is 12.0 Å². The average molecular weight is 489 g/mol. The predicted molar refractivity (Wildman–Crippen MR) is 105 cm³/mol. The van der Waals surface area contributed by atoms with Crippen LogP contribution in [0.1, 0.15) is 24.2 Å². The van der Waals surface area contributed by atoms with Gasteiger partial charge in [-0.05, 0) is 26.0 Å². The maximum atomic E-state index is 13.5. The van der Waals surface area contributed by atoms with Crippen molar-refractivity contribution in [3.8, 4) is 0 Å². The molecule has 3 heterocycles. The quantitative estimate of drug-likeness (QED) is 0.437. The van der Waals surface area contributed by atoms with Gasteiger partial charge in [0.2, 0.25) is 5.91 Å². The first-order chi connectivity index (χ1) is 15.3. The van der Waals surface area contributed by atoms with Crippen molar-refractivity contribution in [2.24, 2.45) is 11.8 Å². The molecule has 0 aromatic heterocycles. The first-order valence-electron chi connectivity index (χ1n) is 10.1. The van der Waals surface area contributed by atoms with E-state index in [1.165, 1.54) is 17.0 Å². The van der Waals surface area contributed by atoms with Crippen molar-refractivity contribution in [3.63, 3.8) is 0 Å². The lowest BCUT2D eigenvalue weighted by Crippen LogP contribution is -2.51. The molecule has 3 fully saturated rings. The van der Waals surface area contributed by atoms with Gasteiger partial charge in [-0.2, -0.15) is 17.2 Å². The summed E-state index contributed by atoms with van der Waals surface area (Å²) in [7, 11) is -5.82. The zero-order chi connectivity index (χ0) is 24.3. The molecule has 33 heavy (non-hydrogen) atoms. The van der Waals surface area contributed by atoms with E-state index in [0.717, 1.165) is 0 Å². The Balaban J connectivity index is 1.60. The van der Waals surface area contributed by atoms with Crippen LogP contribution in [0.3, 0.4) is 0 Å². The highest BCUT2D eigenvalue weighted by atomic mass is 32.2. The molecule has 0 radical (unpaired) electrons. The van der Waals surface area contributed by atoms with Gasteiger partial charge in [0.15, 0.2) is 12.7 Å². The Bertz CT molecular complexity index is 1080. The Kier molecular flexibility index (Phi) is 5.69. The minimum absolute atomic E-state index is 0.226. The Morgan fingerprint density at radius 3 is 2.42 bits per heavy atom. The second-order valence-corrected chi connectivity index (χ2v) is 9.95. The maximum Gasteiger partial charge on any atom is 0.402 e. The molecule has 3 aliphatic rings. The SMILES string of the molecule is CC(C)N1C(=O)C2C3OC(C(OC(=O)c4ccccc4)C31)C2C(=O)OCC(F)(F)S(=O)(=O)O. The number of carbonyl (C=O) groups is 3. The van der Waals surface area contributed by atoms with E-state index in [1.807, 2.05) is 0 Å². The highest BCUT2D eigenvalue weighted by Gasteiger charge is 2.73. The van der Waals surface area contributed by atoms with Crippen LogP contribution >= 0.6 is 0 Å². The smallest absolute Gasteiger partial charge is 0.402 e. The summed E-state index contributed by atoms with van der Waals surface area (Å²) >= 11 is 0. The van der Waals surface area contributed by atoms with Crippen molar-refractivity contribution in [2.45, 2.75) is 49.5 Å². The molecule has 6 atom stereocenters. The highest BCUT2D eigenvalue weighted by Crippen LogP contribution is 2.53. The Morgan fingerprint density at radius 2 is 1.85 bits per heavy atom. The number of benzene rings is 1.